The van der Waals surface area contributed by atoms with Gasteiger partial charge in [0.25, 0.3) is 0 Å². The molecule has 1 heterocycles. The molecule has 9 heteroatoms. The van der Waals surface area contributed by atoms with E-state index in [1.54, 1.807) is 0 Å². The topological polar surface area (TPSA) is 26.4 Å². The van der Waals surface area contributed by atoms with Crippen molar-refractivity contribution in [3.05, 3.63) is 152 Å². The number of para-hydroxylation sites is 2. The first-order chi connectivity index (χ1) is 20.8. The van der Waals surface area contributed by atoms with Crippen molar-refractivity contribution in [1.29, 1.82) is 0 Å². The van der Waals surface area contributed by atoms with Gasteiger partial charge in [-0.2, -0.15) is 4.70 Å². The van der Waals surface area contributed by atoms with Crippen LogP contribution in [-0.2, 0) is 36.8 Å². The first kappa shape index (κ1) is 34.8. The van der Waals surface area contributed by atoms with Crippen LogP contribution in [0.3, 0.4) is 0 Å². The number of anilines is 2. The predicted molar refractivity (Wildman–Crippen MR) is 190 cm³/mol. The van der Waals surface area contributed by atoms with E-state index in [4.69, 9.17) is 4.65 Å². The fourth-order valence-corrected chi connectivity index (χ4v) is 9.27. The average Bonchev–Trinajstić information content (AvgIpc) is 3.42. The zero-order valence-corrected chi connectivity index (χ0v) is 28.5. The van der Waals surface area contributed by atoms with E-state index in [1.807, 2.05) is 0 Å². The summed E-state index contributed by atoms with van der Waals surface area (Å²) in [6.45, 7) is 4.50. The molecule has 0 amide bonds. The van der Waals surface area contributed by atoms with E-state index in [0.717, 1.165) is 12.6 Å². The van der Waals surface area contributed by atoms with Crippen molar-refractivity contribution in [2.45, 2.75) is 0 Å². The van der Waals surface area contributed by atoms with Gasteiger partial charge in [0.05, 0.1) is 0 Å². The van der Waals surface area contributed by atoms with Crippen LogP contribution in [0.2, 0.25) is 0 Å². The molecule has 43 heavy (non-hydrogen) atoms. The Kier molecular flexibility index (Phi) is 15.2. The molecule has 0 aliphatic carbocycles. The van der Waals surface area contributed by atoms with Crippen molar-refractivity contribution in [2.24, 2.45) is 0 Å². The molecule has 3 nitrogen and oxygen atoms in total. The summed E-state index contributed by atoms with van der Waals surface area (Å²) < 4.78 is 8.67. The van der Waals surface area contributed by atoms with Crippen LogP contribution < -0.4 is 30.8 Å². The zero-order valence-electron chi connectivity index (χ0n) is 23.3. The van der Waals surface area contributed by atoms with Crippen LogP contribution in [0, 0.1) is 6.65 Å². The number of thiocarbonyl (C=S) groups is 1. The molecule has 0 unspecified atom stereocenters. The average molecular weight is 720 g/mol. The molecule has 0 saturated heterocycles. The van der Waals surface area contributed by atoms with E-state index in [1.165, 1.54) is 37.3 Å². The van der Waals surface area contributed by atoms with E-state index in [9.17, 15) is 0 Å². The Hall–Kier alpha value is -2.70. The van der Waals surface area contributed by atoms with Crippen molar-refractivity contribution >= 4 is 85.5 Å². The fourth-order valence-electron chi connectivity index (χ4n) is 4.83. The van der Waals surface area contributed by atoms with Gasteiger partial charge >= 0.3 is 38.3 Å². The third-order valence-electron chi connectivity index (χ3n) is 6.64. The van der Waals surface area contributed by atoms with Gasteiger partial charge in [-0.25, -0.2) is 0 Å². The summed E-state index contributed by atoms with van der Waals surface area (Å²) in [5.74, 6) is 0. The fraction of sp³-hybridized carbons (Fsp3) is 0.0588. The number of hydrogen-bond acceptors (Lipinski definition) is 4. The van der Waals surface area contributed by atoms with E-state index in [-0.39, 0.29) is 19.5 Å². The van der Waals surface area contributed by atoms with Gasteiger partial charge in [0, 0.05) is 23.9 Å². The molecule has 1 aliphatic heterocycles. The van der Waals surface area contributed by atoms with Gasteiger partial charge in [0.1, 0.15) is 0 Å². The van der Waals surface area contributed by atoms with Crippen molar-refractivity contribution < 1.29 is 24.1 Å². The summed E-state index contributed by atoms with van der Waals surface area (Å²) in [5.41, 5.74) is 2.58. The molecule has 5 aromatic rings. The Morgan fingerprint density at radius 2 is 0.791 bits per heavy atom. The zero-order chi connectivity index (χ0) is 29.6. The molecule has 0 saturated carbocycles. The summed E-state index contributed by atoms with van der Waals surface area (Å²) in [4.78, 5) is 4.95. The third kappa shape index (κ3) is 9.39. The molecule has 6 rings (SSSR count). The minimum absolute atomic E-state index is 0. The summed E-state index contributed by atoms with van der Waals surface area (Å²) in [6.07, 6.45) is 1.90. The normalized spacial score (nSPS) is 11.2. The van der Waals surface area contributed by atoms with Crippen molar-refractivity contribution in [1.82, 2.24) is 0 Å². The van der Waals surface area contributed by atoms with Crippen molar-refractivity contribution in [3.8, 4) is 0 Å². The predicted octanol–water partition coefficient (Wildman–Crippen LogP) is 6.48. The molecule has 0 N–H and O–H groups in total. The standard InChI is InChI=1S/C32H28BN2P2.CO.CH2S2.Ru/c1-5-15-27(16-6-1)36(28-17-7-2-8-18-28)25-34-31-23-13-14-24-32(31)35(33-34)26-37(29-19-9-3-10-20-29)30-21-11-4-12-22-30;1-2;2-1-3;/h1-24H,25-26H2;;1H,(H,2,3);/q;;;+1/p-1. The van der Waals surface area contributed by atoms with Gasteiger partial charge in [0.2, 0.25) is 0 Å². The Morgan fingerprint density at radius 1 is 0.558 bits per heavy atom. The first-order valence-corrected chi connectivity index (χ1v) is 17.3. The van der Waals surface area contributed by atoms with Gasteiger partial charge in [0.15, 0.2) is 0 Å². The number of hydrogen-bond donors (Lipinski definition) is 0. The monoisotopic (exact) mass is 720 g/mol. The number of fused-ring (bicyclic) bond motifs is 1. The van der Waals surface area contributed by atoms with Gasteiger partial charge in [-0.3, -0.25) is 0 Å². The third-order valence-corrected chi connectivity index (χ3v) is 11.5. The SMILES string of the molecule is S=C[S-].[B]1N(CP(c2ccccc2)c2ccccc2)c2ccccc2N1CP(c1ccccc1)c1ccccc1.[C-]#[O+].[Ru+]. The van der Waals surface area contributed by atoms with Crippen LogP contribution in [0.1, 0.15) is 0 Å². The van der Waals surface area contributed by atoms with E-state index >= 15 is 0 Å². The maximum atomic E-state index is 7.50. The van der Waals surface area contributed by atoms with E-state index < -0.39 is 15.8 Å². The second-order valence-corrected chi connectivity index (χ2v) is 14.2. The molecule has 5 aromatic carbocycles. The van der Waals surface area contributed by atoms with Crippen LogP contribution >= 0.6 is 28.1 Å². The molecule has 214 valence electrons. The molecule has 0 fully saturated rings. The quantitative estimate of drug-likeness (QED) is 0.0459. The second kappa shape index (κ2) is 18.8. The van der Waals surface area contributed by atoms with E-state index in [2.05, 4.69) is 194 Å². The minimum Gasteiger partial charge on any atom is 1.00 e. The Bertz CT molecular complexity index is 1350. The smallest absolute Gasteiger partial charge is 1.00 e. The van der Waals surface area contributed by atoms with Crippen molar-refractivity contribution in [3.63, 3.8) is 0 Å². The van der Waals surface area contributed by atoms with Crippen LogP contribution in [0.15, 0.2) is 146 Å². The Labute approximate surface area is 282 Å². The number of rotatable bonds is 8. The molecule has 0 atom stereocenters. The molecule has 1 aliphatic rings. The molecule has 0 bridgehead atoms. The van der Waals surface area contributed by atoms with Crippen LogP contribution in [0.5, 0.6) is 0 Å². The number of benzene rings is 5. The van der Waals surface area contributed by atoms with Crippen LogP contribution in [-0.4, -0.2) is 24.8 Å². The summed E-state index contributed by atoms with van der Waals surface area (Å²) in [7, 11) is 1.27. The minimum atomic E-state index is -0.540. The van der Waals surface area contributed by atoms with Gasteiger partial charge in [-0.1, -0.05) is 133 Å². The summed E-state index contributed by atoms with van der Waals surface area (Å²) in [6, 6.07) is 52.8. The largest absolute Gasteiger partial charge is 1.00 e. The van der Waals surface area contributed by atoms with Crippen LogP contribution in [0.25, 0.3) is 0 Å². The molecular formula is C34H29BN2OP2RuS2. The Morgan fingerprint density at radius 3 is 1.05 bits per heavy atom. The van der Waals surface area contributed by atoms with E-state index in [0.29, 0.717) is 0 Å². The molecule has 2 radical (unpaired) electrons. The molecule has 0 spiro atoms. The van der Waals surface area contributed by atoms with Gasteiger partial charge in [-0.15, -0.1) is 0 Å². The molecule has 0 aromatic heterocycles. The number of nitrogens with zero attached hydrogens (tertiary/aromatic N) is 2. The first-order valence-electron chi connectivity index (χ1n) is 13.3. The van der Waals surface area contributed by atoms with Crippen molar-refractivity contribution in [2.75, 3.05) is 22.2 Å². The van der Waals surface area contributed by atoms with Crippen LogP contribution in [0.4, 0.5) is 11.4 Å². The summed E-state index contributed by atoms with van der Waals surface area (Å²) in [5, 5.41) is 5.63. The maximum Gasteiger partial charge on any atom is 1.00 e. The summed E-state index contributed by atoms with van der Waals surface area (Å²) >= 11 is 8.17. The van der Waals surface area contributed by atoms with Gasteiger partial charge in [-0.05, 0) is 49.2 Å². The maximum absolute atomic E-state index is 7.50. The molecular weight excluding hydrogens is 690 g/mol. The Balaban J connectivity index is 0.000000796. The van der Waals surface area contributed by atoms with Gasteiger partial charge < -0.3 is 34.5 Å². The second-order valence-electron chi connectivity index (χ2n) is 9.12.